The van der Waals surface area contributed by atoms with Crippen molar-refractivity contribution in [2.75, 3.05) is 13.1 Å². The van der Waals surface area contributed by atoms with Crippen LogP contribution in [0, 0.1) is 0 Å². The van der Waals surface area contributed by atoms with Gasteiger partial charge in [-0.15, -0.1) is 0 Å². The Labute approximate surface area is 125 Å². The highest BCUT2D eigenvalue weighted by Gasteiger charge is 2.30. The SMILES string of the molecule is CC(C)(C)c1noc([C@H]2CCN(Cc3cccnc3)C2)n1. The molecule has 0 spiro atoms. The van der Waals surface area contributed by atoms with Crippen LogP contribution in [0.5, 0.6) is 0 Å². The molecule has 2 aromatic rings. The number of aromatic nitrogens is 3. The van der Waals surface area contributed by atoms with Crippen molar-refractivity contribution in [3.63, 3.8) is 0 Å². The van der Waals surface area contributed by atoms with Gasteiger partial charge < -0.3 is 4.52 Å². The van der Waals surface area contributed by atoms with E-state index in [0.29, 0.717) is 5.92 Å². The third-order valence-electron chi connectivity index (χ3n) is 3.86. The lowest BCUT2D eigenvalue weighted by molar-refractivity contribution is 0.307. The van der Waals surface area contributed by atoms with Crippen molar-refractivity contribution in [2.45, 2.75) is 45.1 Å². The van der Waals surface area contributed by atoms with Crippen LogP contribution >= 0.6 is 0 Å². The summed E-state index contributed by atoms with van der Waals surface area (Å²) in [7, 11) is 0. The first-order valence-corrected chi connectivity index (χ1v) is 7.48. The molecule has 0 amide bonds. The minimum absolute atomic E-state index is 0.0598. The van der Waals surface area contributed by atoms with E-state index in [4.69, 9.17) is 4.52 Å². The largest absolute Gasteiger partial charge is 0.339 e. The van der Waals surface area contributed by atoms with Crippen molar-refractivity contribution in [1.82, 2.24) is 20.0 Å². The molecule has 5 heteroatoms. The van der Waals surface area contributed by atoms with Gasteiger partial charge in [-0.05, 0) is 24.6 Å². The van der Waals surface area contributed by atoms with Crippen LogP contribution in [0.15, 0.2) is 29.0 Å². The summed E-state index contributed by atoms with van der Waals surface area (Å²) in [5, 5.41) is 4.13. The van der Waals surface area contributed by atoms with Crippen molar-refractivity contribution in [3.05, 3.63) is 41.8 Å². The zero-order valence-corrected chi connectivity index (χ0v) is 12.9. The normalized spacial score (nSPS) is 20.0. The summed E-state index contributed by atoms with van der Waals surface area (Å²) in [4.78, 5) is 11.2. The Morgan fingerprint density at radius 2 is 2.24 bits per heavy atom. The molecule has 1 saturated heterocycles. The highest BCUT2D eigenvalue weighted by molar-refractivity contribution is 5.10. The summed E-state index contributed by atoms with van der Waals surface area (Å²) in [5.41, 5.74) is 1.19. The average molecular weight is 286 g/mol. The minimum Gasteiger partial charge on any atom is -0.339 e. The van der Waals surface area contributed by atoms with Crippen LogP contribution in [-0.4, -0.2) is 33.1 Å². The van der Waals surface area contributed by atoms with Crippen molar-refractivity contribution in [2.24, 2.45) is 0 Å². The molecule has 3 rings (SSSR count). The topological polar surface area (TPSA) is 55.1 Å². The Bertz CT molecular complexity index is 588. The first-order valence-electron chi connectivity index (χ1n) is 7.48. The van der Waals surface area contributed by atoms with Crippen LogP contribution in [0.25, 0.3) is 0 Å². The Kier molecular flexibility index (Phi) is 3.76. The van der Waals surface area contributed by atoms with Crippen LogP contribution in [0.2, 0.25) is 0 Å². The van der Waals surface area contributed by atoms with E-state index in [1.807, 2.05) is 18.5 Å². The van der Waals surface area contributed by atoms with E-state index in [1.54, 1.807) is 0 Å². The molecule has 0 saturated carbocycles. The third-order valence-corrected chi connectivity index (χ3v) is 3.86. The van der Waals surface area contributed by atoms with Gasteiger partial charge in [-0.2, -0.15) is 4.98 Å². The molecule has 21 heavy (non-hydrogen) atoms. The van der Waals surface area contributed by atoms with Gasteiger partial charge in [0.2, 0.25) is 5.89 Å². The smallest absolute Gasteiger partial charge is 0.231 e. The van der Waals surface area contributed by atoms with Gasteiger partial charge in [0, 0.05) is 30.9 Å². The number of hydrogen-bond donors (Lipinski definition) is 0. The molecule has 112 valence electrons. The fourth-order valence-corrected chi connectivity index (χ4v) is 2.63. The first kappa shape index (κ1) is 14.2. The van der Waals surface area contributed by atoms with Crippen LogP contribution in [-0.2, 0) is 12.0 Å². The zero-order valence-electron chi connectivity index (χ0n) is 12.9. The summed E-state index contributed by atoms with van der Waals surface area (Å²) < 4.78 is 5.47. The quantitative estimate of drug-likeness (QED) is 0.868. The Morgan fingerprint density at radius 3 is 2.90 bits per heavy atom. The molecule has 3 heterocycles. The Morgan fingerprint density at radius 1 is 1.38 bits per heavy atom. The second-order valence-corrected chi connectivity index (χ2v) is 6.79. The standard InChI is InChI=1S/C16H22N4O/c1-16(2,3)15-18-14(21-19-15)13-6-8-20(11-13)10-12-5-4-7-17-9-12/h4-5,7,9,13H,6,8,10-11H2,1-3H3/t13-/m0/s1. The second-order valence-electron chi connectivity index (χ2n) is 6.79. The minimum atomic E-state index is -0.0598. The van der Waals surface area contributed by atoms with Crippen molar-refractivity contribution < 1.29 is 4.52 Å². The van der Waals surface area contributed by atoms with Gasteiger partial charge in [0.05, 0.1) is 5.92 Å². The van der Waals surface area contributed by atoms with Crippen LogP contribution in [0.4, 0.5) is 0 Å². The number of hydrogen-bond acceptors (Lipinski definition) is 5. The maximum atomic E-state index is 5.47. The van der Waals surface area contributed by atoms with Crippen LogP contribution in [0.1, 0.15) is 50.4 Å². The van der Waals surface area contributed by atoms with Crippen LogP contribution in [0.3, 0.4) is 0 Å². The number of nitrogens with zero attached hydrogens (tertiary/aromatic N) is 4. The summed E-state index contributed by atoms with van der Waals surface area (Å²) >= 11 is 0. The molecule has 0 radical (unpaired) electrons. The van der Waals surface area contributed by atoms with E-state index < -0.39 is 0 Å². The molecule has 0 bridgehead atoms. The van der Waals surface area contributed by atoms with E-state index in [2.05, 4.69) is 46.9 Å². The fraction of sp³-hybridized carbons (Fsp3) is 0.562. The lowest BCUT2D eigenvalue weighted by Gasteiger charge is -2.14. The van der Waals surface area contributed by atoms with Gasteiger partial charge in [0.1, 0.15) is 0 Å². The van der Waals surface area contributed by atoms with Crippen molar-refractivity contribution in [1.29, 1.82) is 0 Å². The summed E-state index contributed by atoms with van der Waals surface area (Å²) in [5.74, 6) is 1.93. The lowest BCUT2D eigenvalue weighted by atomic mass is 9.96. The van der Waals surface area contributed by atoms with E-state index in [9.17, 15) is 0 Å². The molecule has 0 unspecified atom stereocenters. The molecule has 0 aliphatic carbocycles. The molecule has 2 aromatic heterocycles. The van der Waals surface area contributed by atoms with Gasteiger partial charge >= 0.3 is 0 Å². The van der Waals surface area contributed by atoms with Gasteiger partial charge in [-0.3, -0.25) is 9.88 Å². The van der Waals surface area contributed by atoms with Gasteiger partial charge in [-0.1, -0.05) is 32.0 Å². The van der Waals surface area contributed by atoms with Gasteiger partial charge in [-0.25, -0.2) is 0 Å². The highest BCUT2D eigenvalue weighted by atomic mass is 16.5. The predicted octanol–water partition coefficient (Wildman–Crippen LogP) is 2.75. The molecule has 1 atom stereocenters. The molecule has 1 fully saturated rings. The van der Waals surface area contributed by atoms with E-state index >= 15 is 0 Å². The third kappa shape index (κ3) is 3.29. The second kappa shape index (κ2) is 5.56. The fourth-order valence-electron chi connectivity index (χ4n) is 2.63. The molecule has 5 nitrogen and oxygen atoms in total. The highest BCUT2D eigenvalue weighted by Crippen LogP contribution is 2.28. The zero-order chi connectivity index (χ0) is 14.9. The Hall–Kier alpha value is -1.75. The lowest BCUT2D eigenvalue weighted by Crippen LogP contribution is -2.20. The summed E-state index contributed by atoms with van der Waals surface area (Å²) in [6, 6.07) is 4.10. The van der Waals surface area contributed by atoms with Crippen molar-refractivity contribution >= 4 is 0 Å². The number of likely N-dealkylation sites (tertiary alicyclic amines) is 1. The number of rotatable bonds is 3. The Balaban J connectivity index is 1.63. The monoisotopic (exact) mass is 286 g/mol. The summed E-state index contributed by atoms with van der Waals surface area (Å²) in [6.07, 6.45) is 4.81. The molecule has 1 aliphatic heterocycles. The maximum absolute atomic E-state index is 5.47. The summed E-state index contributed by atoms with van der Waals surface area (Å²) in [6.45, 7) is 9.28. The van der Waals surface area contributed by atoms with E-state index in [0.717, 1.165) is 37.8 Å². The molecule has 0 aromatic carbocycles. The average Bonchev–Trinajstić information content (AvgIpc) is 3.07. The molecular formula is C16H22N4O. The van der Waals surface area contributed by atoms with Gasteiger partial charge in [0.25, 0.3) is 0 Å². The number of pyridine rings is 1. The van der Waals surface area contributed by atoms with E-state index in [-0.39, 0.29) is 5.41 Å². The maximum Gasteiger partial charge on any atom is 0.231 e. The first-order chi connectivity index (χ1) is 10.0. The van der Waals surface area contributed by atoms with Crippen LogP contribution < -0.4 is 0 Å². The molecule has 0 N–H and O–H groups in total. The predicted molar refractivity (Wildman–Crippen MR) is 79.9 cm³/mol. The molecular weight excluding hydrogens is 264 g/mol. The van der Waals surface area contributed by atoms with E-state index in [1.165, 1.54) is 5.56 Å². The van der Waals surface area contributed by atoms with Gasteiger partial charge in [0.15, 0.2) is 5.82 Å². The van der Waals surface area contributed by atoms with Crippen molar-refractivity contribution in [3.8, 4) is 0 Å². The molecule has 1 aliphatic rings.